The van der Waals surface area contributed by atoms with E-state index in [0.29, 0.717) is 6.42 Å². The maximum Gasteiger partial charge on any atom is 0.333 e. The summed E-state index contributed by atoms with van der Waals surface area (Å²) < 4.78 is 24.6. The van der Waals surface area contributed by atoms with Crippen molar-refractivity contribution in [2.45, 2.75) is 12.8 Å². The van der Waals surface area contributed by atoms with Crippen LogP contribution in [0.5, 0.6) is 0 Å². The van der Waals surface area contributed by atoms with Crippen LogP contribution in [0.15, 0.2) is 36.2 Å². The lowest BCUT2D eigenvalue weighted by molar-refractivity contribution is -0.132. The fourth-order valence-electron chi connectivity index (χ4n) is 1.14. The van der Waals surface area contributed by atoms with E-state index in [9.17, 15) is 13.6 Å². The Kier molecular flexibility index (Phi) is 3.97. The van der Waals surface area contributed by atoms with Crippen molar-refractivity contribution in [1.82, 2.24) is 0 Å². The van der Waals surface area contributed by atoms with Gasteiger partial charge in [-0.2, -0.15) is 0 Å². The van der Waals surface area contributed by atoms with Gasteiger partial charge in [-0.25, -0.2) is 13.6 Å². The molecule has 1 aromatic carbocycles. The predicted octanol–water partition coefficient (Wildman–Crippen LogP) is 2.70. The second-order valence-electron chi connectivity index (χ2n) is 3.07. The molecular formula is C11H10F2O2. The Morgan fingerprint density at radius 3 is 2.40 bits per heavy atom. The fourth-order valence-corrected chi connectivity index (χ4v) is 1.14. The van der Waals surface area contributed by atoms with Gasteiger partial charge in [-0.05, 0) is 30.5 Å². The largest absolute Gasteiger partial charge is 0.478 e. The lowest BCUT2D eigenvalue weighted by atomic mass is 10.1. The zero-order valence-electron chi connectivity index (χ0n) is 7.91. The highest BCUT2D eigenvalue weighted by atomic mass is 19.1. The zero-order valence-corrected chi connectivity index (χ0v) is 7.91. The highest BCUT2D eigenvalue weighted by Gasteiger charge is 2.07. The Morgan fingerprint density at radius 1 is 1.33 bits per heavy atom. The summed E-state index contributed by atoms with van der Waals surface area (Å²) in [7, 11) is 0. The van der Waals surface area contributed by atoms with E-state index in [-0.39, 0.29) is 24.1 Å². The van der Waals surface area contributed by atoms with Crippen molar-refractivity contribution >= 4 is 5.97 Å². The molecule has 0 spiro atoms. The summed E-state index contributed by atoms with van der Waals surface area (Å²) in [6.07, 6.45) is 0.561. The highest BCUT2D eigenvalue weighted by Crippen LogP contribution is 2.10. The highest BCUT2D eigenvalue weighted by molar-refractivity contribution is 5.86. The van der Waals surface area contributed by atoms with E-state index in [1.54, 1.807) is 12.1 Å². The number of halogens is 2. The molecular weight excluding hydrogens is 202 g/mol. The van der Waals surface area contributed by atoms with E-state index in [1.807, 2.05) is 0 Å². The van der Waals surface area contributed by atoms with Crippen LogP contribution in [0.3, 0.4) is 0 Å². The Bertz CT molecular complexity index is 369. The SMILES string of the molecule is O=C(O)/C(=C/F)CCc1ccc(F)cc1. The van der Waals surface area contributed by atoms with E-state index in [0.717, 1.165) is 5.56 Å². The summed E-state index contributed by atoms with van der Waals surface area (Å²) in [5, 5.41) is 8.53. The van der Waals surface area contributed by atoms with Crippen molar-refractivity contribution in [2.75, 3.05) is 0 Å². The van der Waals surface area contributed by atoms with Crippen molar-refractivity contribution in [1.29, 1.82) is 0 Å². The molecule has 1 N–H and O–H groups in total. The van der Waals surface area contributed by atoms with Gasteiger partial charge < -0.3 is 5.11 Å². The predicted molar refractivity (Wildman–Crippen MR) is 51.5 cm³/mol. The molecule has 0 unspecified atom stereocenters. The number of carboxylic acid groups (broad SMARTS) is 1. The molecule has 0 bridgehead atoms. The fraction of sp³-hybridized carbons (Fsp3) is 0.182. The van der Waals surface area contributed by atoms with Crippen molar-refractivity contribution in [3.8, 4) is 0 Å². The molecule has 0 fully saturated rings. The first-order valence-electron chi connectivity index (χ1n) is 4.40. The molecule has 80 valence electrons. The molecule has 4 heteroatoms. The van der Waals surface area contributed by atoms with Crippen LogP contribution >= 0.6 is 0 Å². The van der Waals surface area contributed by atoms with Gasteiger partial charge in [0.2, 0.25) is 0 Å². The third kappa shape index (κ3) is 3.50. The molecule has 0 aliphatic heterocycles. The standard InChI is InChI=1S/C11H10F2O2/c12-7-9(11(14)15)4-1-8-2-5-10(13)6-3-8/h2-3,5-7H,1,4H2,(H,14,15)/b9-7+. The lowest BCUT2D eigenvalue weighted by Gasteiger charge is -2.01. The average Bonchev–Trinajstić information content (AvgIpc) is 2.21. The van der Waals surface area contributed by atoms with Crippen LogP contribution in [-0.4, -0.2) is 11.1 Å². The van der Waals surface area contributed by atoms with Crippen molar-refractivity contribution in [3.63, 3.8) is 0 Å². The molecule has 0 heterocycles. The number of rotatable bonds is 4. The summed E-state index contributed by atoms with van der Waals surface area (Å²) in [6.45, 7) is 0. The van der Waals surface area contributed by atoms with Crippen molar-refractivity contribution in [2.24, 2.45) is 0 Å². The van der Waals surface area contributed by atoms with Crippen LogP contribution in [0.2, 0.25) is 0 Å². The molecule has 0 aliphatic carbocycles. The number of hydrogen-bond donors (Lipinski definition) is 1. The van der Waals surface area contributed by atoms with Gasteiger partial charge >= 0.3 is 5.97 Å². The molecule has 0 saturated carbocycles. The Morgan fingerprint density at radius 2 is 1.93 bits per heavy atom. The van der Waals surface area contributed by atoms with Gasteiger partial charge in [0.15, 0.2) is 0 Å². The van der Waals surface area contributed by atoms with Crippen LogP contribution in [0.25, 0.3) is 0 Å². The average molecular weight is 212 g/mol. The maximum atomic E-state index is 12.5. The topological polar surface area (TPSA) is 37.3 Å². The Hall–Kier alpha value is -1.71. The van der Waals surface area contributed by atoms with Crippen molar-refractivity contribution in [3.05, 3.63) is 47.5 Å². The van der Waals surface area contributed by atoms with Crippen LogP contribution in [0.1, 0.15) is 12.0 Å². The van der Waals surface area contributed by atoms with E-state index >= 15 is 0 Å². The molecule has 15 heavy (non-hydrogen) atoms. The summed E-state index contributed by atoms with van der Waals surface area (Å²) >= 11 is 0. The van der Waals surface area contributed by atoms with Gasteiger partial charge in [-0.3, -0.25) is 0 Å². The monoisotopic (exact) mass is 212 g/mol. The minimum Gasteiger partial charge on any atom is -0.478 e. The van der Waals surface area contributed by atoms with Crippen LogP contribution in [0.4, 0.5) is 8.78 Å². The molecule has 1 rings (SSSR count). The van der Waals surface area contributed by atoms with Gasteiger partial charge in [-0.15, -0.1) is 0 Å². The molecule has 0 saturated heterocycles. The third-order valence-electron chi connectivity index (χ3n) is 2.00. The zero-order chi connectivity index (χ0) is 11.3. The smallest absolute Gasteiger partial charge is 0.333 e. The number of aryl methyl sites for hydroxylation is 1. The molecule has 0 aromatic heterocycles. The normalized spacial score (nSPS) is 11.5. The molecule has 1 aromatic rings. The van der Waals surface area contributed by atoms with Crippen LogP contribution < -0.4 is 0 Å². The summed E-state index contributed by atoms with van der Waals surface area (Å²) in [5.74, 6) is -1.61. The van der Waals surface area contributed by atoms with E-state index < -0.39 is 5.97 Å². The van der Waals surface area contributed by atoms with E-state index in [4.69, 9.17) is 5.11 Å². The Balaban J connectivity index is 2.57. The molecule has 2 nitrogen and oxygen atoms in total. The maximum absolute atomic E-state index is 12.5. The molecule has 0 amide bonds. The van der Waals surface area contributed by atoms with Gasteiger partial charge in [0.05, 0.1) is 11.9 Å². The minimum atomic E-state index is -1.26. The van der Waals surface area contributed by atoms with Crippen LogP contribution in [-0.2, 0) is 11.2 Å². The number of carboxylic acids is 1. The molecule has 0 atom stereocenters. The first kappa shape index (κ1) is 11.4. The molecule has 0 radical (unpaired) electrons. The second-order valence-corrected chi connectivity index (χ2v) is 3.07. The van der Waals surface area contributed by atoms with Crippen LogP contribution in [0, 0.1) is 5.82 Å². The van der Waals surface area contributed by atoms with Gasteiger partial charge in [0, 0.05) is 0 Å². The number of hydrogen-bond acceptors (Lipinski definition) is 1. The number of benzene rings is 1. The van der Waals surface area contributed by atoms with Gasteiger partial charge in [0.25, 0.3) is 0 Å². The number of carbonyl (C=O) groups is 1. The first-order valence-corrected chi connectivity index (χ1v) is 4.40. The summed E-state index contributed by atoms with van der Waals surface area (Å²) in [6, 6.07) is 5.67. The first-order chi connectivity index (χ1) is 7.13. The quantitative estimate of drug-likeness (QED) is 0.779. The van der Waals surface area contributed by atoms with Gasteiger partial charge in [-0.1, -0.05) is 12.1 Å². The second kappa shape index (κ2) is 5.24. The van der Waals surface area contributed by atoms with Crippen molar-refractivity contribution < 1.29 is 18.7 Å². The van der Waals surface area contributed by atoms with Gasteiger partial charge in [0.1, 0.15) is 5.82 Å². The Labute approximate surface area is 85.9 Å². The number of aliphatic carboxylic acids is 1. The summed E-state index contributed by atoms with van der Waals surface area (Å²) in [5.41, 5.74) is 0.497. The van der Waals surface area contributed by atoms with E-state index in [1.165, 1.54) is 12.1 Å². The summed E-state index contributed by atoms with van der Waals surface area (Å²) in [4.78, 5) is 10.4. The third-order valence-corrected chi connectivity index (χ3v) is 2.00. The minimum absolute atomic E-state index is 0.0891. The lowest BCUT2D eigenvalue weighted by Crippen LogP contribution is -2.01. The van der Waals surface area contributed by atoms with E-state index in [2.05, 4.69) is 0 Å². The molecule has 0 aliphatic rings.